The minimum absolute atomic E-state index is 0.0417. The van der Waals surface area contributed by atoms with E-state index in [1.807, 2.05) is 24.3 Å². The lowest BCUT2D eigenvalue weighted by Gasteiger charge is -2.31. The van der Waals surface area contributed by atoms with Gasteiger partial charge in [0.25, 0.3) is 11.6 Å². The fourth-order valence-corrected chi connectivity index (χ4v) is 3.53. The largest absolute Gasteiger partial charge is 0.497 e. The van der Waals surface area contributed by atoms with Crippen molar-refractivity contribution in [1.29, 1.82) is 0 Å². The lowest BCUT2D eigenvalue weighted by molar-refractivity contribution is -0.384. The second-order valence-electron chi connectivity index (χ2n) is 7.08. The van der Waals surface area contributed by atoms with Gasteiger partial charge in [-0.1, -0.05) is 5.16 Å². The molecule has 1 aromatic heterocycles. The Morgan fingerprint density at radius 3 is 2.60 bits per heavy atom. The Labute approximate surface area is 172 Å². The molecule has 0 bridgehead atoms. The molecule has 9 nitrogen and oxygen atoms in total. The molecule has 154 valence electrons. The van der Waals surface area contributed by atoms with E-state index in [9.17, 15) is 14.9 Å². The summed E-state index contributed by atoms with van der Waals surface area (Å²) >= 11 is 0. The Morgan fingerprint density at radius 1 is 1.20 bits per heavy atom. The monoisotopic (exact) mass is 408 g/mol. The summed E-state index contributed by atoms with van der Waals surface area (Å²) in [5.74, 6) is 1.52. The summed E-state index contributed by atoms with van der Waals surface area (Å²) in [4.78, 5) is 29.4. The van der Waals surface area contributed by atoms with E-state index in [2.05, 4.69) is 10.1 Å². The average molecular weight is 408 g/mol. The van der Waals surface area contributed by atoms with Crippen LogP contribution in [-0.4, -0.2) is 46.1 Å². The van der Waals surface area contributed by atoms with Crippen LogP contribution < -0.4 is 4.74 Å². The number of likely N-dealkylation sites (tertiary alicyclic amines) is 1. The number of carbonyl (C=O) groups excluding carboxylic acids is 1. The zero-order valence-corrected chi connectivity index (χ0v) is 16.4. The third-order valence-electron chi connectivity index (χ3n) is 5.17. The SMILES string of the molecule is COc1ccc(-c2noc(C3CCCN(C(=O)c4ccc([N+](=O)[O-])cc4)C3)n2)cc1. The van der Waals surface area contributed by atoms with Gasteiger partial charge in [-0.25, -0.2) is 0 Å². The van der Waals surface area contributed by atoms with E-state index in [0.717, 1.165) is 24.2 Å². The molecular weight excluding hydrogens is 388 g/mol. The summed E-state index contributed by atoms with van der Waals surface area (Å²) in [5, 5.41) is 14.9. The Bertz CT molecular complexity index is 1050. The summed E-state index contributed by atoms with van der Waals surface area (Å²) in [6.07, 6.45) is 1.65. The highest BCUT2D eigenvalue weighted by molar-refractivity contribution is 5.94. The van der Waals surface area contributed by atoms with Crippen LogP contribution in [0.2, 0.25) is 0 Å². The highest BCUT2D eigenvalue weighted by atomic mass is 16.6. The second-order valence-corrected chi connectivity index (χ2v) is 7.08. The summed E-state index contributed by atoms with van der Waals surface area (Å²) in [6, 6.07) is 13.0. The molecule has 0 radical (unpaired) electrons. The van der Waals surface area contributed by atoms with E-state index in [1.165, 1.54) is 24.3 Å². The number of hydrogen-bond donors (Lipinski definition) is 0. The number of aromatic nitrogens is 2. The van der Waals surface area contributed by atoms with Gasteiger partial charge >= 0.3 is 0 Å². The van der Waals surface area contributed by atoms with Crippen LogP contribution in [0.3, 0.4) is 0 Å². The van der Waals surface area contributed by atoms with Gasteiger partial charge in [0.15, 0.2) is 0 Å². The number of nitrogens with zero attached hydrogens (tertiary/aromatic N) is 4. The first-order chi connectivity index (χ1) is 14.5. The van der Waals surface area contributed by atoms with Crippen molar-refractivity contribution in [2.45, 2.75) is 18.8 Å². The van der Waals surface area contributed by atoms with Crippen LogP contribution in [0.25, 0.3) is 11.4 Å². The molecule has 1 aliphatic rings. The number of methoxy groups -OCH3 is 1. The van der Waals surface area contributed by atoms with E-state index in [-0.39, 0.29) is 17.5 Å². The molecule has 3 aromatic rings. The van der Waals surface area contributed by atoms with Crippen LogP contribution in [0.4, 0.5) is 5.69 Å². The van der Waals surface area contributed by atoms with Gasteiger partial charge in [-0.3, -0.25) is 14.9 Å². The number of hydrogen-bond acceptors (Lipinski definition) is 7. The first kappa shape index (κ1) is 19.6. The van der Waals surface area contributed by atoms with Crippen molar-refractivity contribution in [1.82, 2.24) is 15.0 Å². The number of non-ortho nitro benzene ring substituents is 1. The molecule has 4 rings (SSSR count). The summed E-state index contributed by atoms with van der Waals surface area (Å²) < 4.78 is 10.6. The van der Waals surface area contributed by atoms with Gasteiger partial charge < -0.3 is 14.2 Å². The molecule has 1 atom stereocenters. The number of ether oxygens (including phenoxy) is 1. The number of rotatable bonds is 5. The molecule has 0 saturated carbocycles. The molecule has 1 unspecified atom stereocenters. The molecule has 0 N–H and O–H groups in total. The van der Waals surface area contributed by atoms with Gasteiger partial charge in [0, 0.05) is 36.3 Å². The second kappa shape index (κ2) is 8.32. The van der Waals surface area contributed by atoms with E-state index >= 15 is 0 Å². The molecule has 2 aromatic carbocycles. The highest BCUT2D eigenvalue weighted by Crippen LogP contribution is 2.29. The predicted octanol–water partition coefficient (Wildman–Crippen LogP) is 3.67. The zero-order valence-electron chi connectivity index (χ0n) is 16.4. The van der Waals surface area contributed by atoms with Crippen LogP contribution in [0.15, 0.2) is 53.1 Å². The van der Waals surface area contributed by atoms with Gasteiger partial charge in [-0.15, -0.1) is 0 Å². The topological polar surface area (TPSA) is 112 Å². The van der Waals surface area contributed by atoms with Crippen LogP contribution >= 0.6 is 0 Å². The normalized spacial score (nSPS) is 16.3. The number of amides is 1. The van der Waals surface area contributed by atoms with Crippen molar-refractivity contribution < 1.29 is 19.0 Å². The number of nitro benzene ring substituents is 1. The molecule has 0 aliphatic carbocycles. The molecule has 1 amide bonds. The van der Waals surface area contributed by atoms with Crippen molar-refractivity contribution in [3.8, 4) is 17.1 Å². The third kappa shape index (κ3) is 4.00. The lowest BCUT2D eigenvalue weighted by atomic mass is 9.97. The Balaban J connectivity index is 1.46. The fourth-order valence-electron chi connectivity index (χ4n) is 3.53. The smallest absolute Gasteiger partial charge is 0.269 e. The molecule has 9 heteroatoms. The number of benzene rings is 2. The first-order valence-corrected chi connectivity index (χ1v) is 9.57. The fraction of sp³-hybridized carbons (Fsp3) is 0.286. The van der Waals surface area contributed by atoms with E-state index in [4.69, 9.17) is 9.26 Å². The van der Waals surface area contributed by atoms with E-state index in [1.54, 1.807) is 12.0 Å². The average Bonchev–Trinajstić information content (AvgIpc) is 3.29. The van der Waals surface area contributed by atoms with Gasteiger partial charge in [0.2, 0.25) is 11.7 Å². The molecule has 0 spiro atoms. The summed E-state index contributed by atoms with van der Waals surface area (Å²) in [5.41, 5.74) is 1.20. The minimum atomic E-state index is -0.485. The minimum Gasteiger partial charge on any atom is -0.497 e. The molecular formula is C21H20N4O5. The Hall–Kier alpha value is -3.75. The Morgan fingerprint density at radius 2 is 1.93 bits per heavy atom. The quantitative estimate of drug-likeness (QED) is 0.468. The number of piperidine rings is 1. The lowest BCUT2D eigenvalue weighted by Crippen LogP contribution is -2.39. The first-order valence-electron chi connectivity index (χ1n) is 9.57. The number of carbonyl (C=O) groups is 1. The molecule has 1 saturated heterocycles. The standard InChI is InChI=1S/C21H20N4O5/c1-29-18-10-6-14(7-11-18)19-22-20(30-23-19)16-3-2-12-24(13-16)21(26)15-4-8-17(9-5-15)25(27)28/h4-11,16H,2-3,12-13H2,1H3. The maximum atomic E-state index is 12.8. The van der Waals surface area contributed by atoms with E-state index in [0.29, 0.717) is 30.4 Å². The summed E-state index contributed by atoms with van der Waals surface area (Å²) in [7, 11) is 1.61. The van der Waals surface area contributed by atoms with Crippen LogP contribution in [0.5, 0.6) is 5.75 Å². The summed E-state index contributed by atoms with van der Waals surface area (Å²) in [6.45, 7) is 1.08. The van der Waals surface area contributed by atoms with Crippen molar-refractivity contribution in [3.63, 3.8) is 0 Å². The van der Waals surface area contributed by atoms with Gasteiger partial charge in [0.1, 0.15) is 5.75 Å². The zero-order chi connectivity index (χ0) is 21.1. The maximum Gasteiger partial charge on any atom is 0.269 e. The van der Waals surface area contributed by atoms with Crippen molar-refractivity contribution in [2.75, 3.05) is 20.2 Å². The van der Waals surface area contributed by atoms with Crippen molar-refractivity contribution >= 4 is 11.6 Å². The molecule has 1 fully saturated rings. The van der Waals surface area contributed by atoms with Gasteiger partial charge in [0.05, 0.1) is 18.0 Å². The molecule has 30 heavy (non-hydrogen) atoms. The predicted molar refractivity (Wildman–Crippen MR) is 107 cm³/mol. The maximum absolute atomic E-state index is 12.8. The van der Waals surface area contributed by atoms with Crippen LogP contribution in [0, 0.1) is 10.1 Å². The molecule has 2 heterocycles. The van der Waals surface area contributed by atoms with Gasteiger partial charge in [-0.05, 0) is 49.2 Å². The van der Waals surface area contributed by atoms with Crippen LogP contribution in [-0.2, 0) is 0 Å². The highest BCUT2D eigenvalue weighted by Gasteiger charge is 2.29. The van der Waals surface area contributed by atoms with Gasteiger partial charge in [-0.2, -0.15) is 4.98 Å². The van der Waals surface area contributed by atoms with Crippen molar-refractivity contribution in [3.05, 3.63) is 70.1 Å². The Kier molecular flexibility index (Phi) is 5.42. The third-order valence-corrected chi connectivity index (χ3v) is 5.17. The number of nitro groups is 1. The van der Waals surface area contributed by atoms with Crippen molar-refractivity contribution in [2.24, 2.45) is 0 Å². The van der Waals surface area contributed by atoms with E-state index < -0.39 is 4.92 Å². The molecule has 1 aliphatic heterocycles. The van der Waals surface area contributed by atoms with Crippen LogP contribution in [0.1, 0.15) is 35.0 Å².